The van der Waals surface area contributed by atoms with Crippen LogP contribution < -0.4 is 5.32 Å². The van der Waals surface area contributed by atoms with Gasteiger partial charge in [0.1, 0.15) is 24.4 Å². The Balaban J connectivity index is 1.59. The molecule has 2 heterocycles. The maximum atomic E-state index is 12.1. The molecule has 0 aromatic heterocycles. The van der Waals surface area contributed by atoms with Crippen LogP contribution in [0.15, 0.2) is 60.7 Å². The molecule has 1 amide bonds. The second-order valence-electron chi connectivity index (χ2n) is 8.32. The molecule has 2 aromatic carbocycles. The third kappa shape index (κ3) is 5.81. The van der Waals surface area contributed by atoms with Gasteiger partial charge in [0, 0.05) is 12.5 Å². The number of ether oxygens (including phenoxy) is 5. The number of carboxylic acid groups (broad SMARTS) is 1. The molecule has 2 fully saturated rings. The molecule has 9 nitrogen and oxygen atoms in total. The third-order valence-electron chi connectivity index (χ3n) is 5.75. The third-order valence-corrected chi connectivity index (χ3v) is 5.75. The van der Waals surface area contributed by atoms with Crippen molar-refractivity contribution in [3.8, 4) is 0 Å². The SMILES string of the molecule is CC(=O)NC1C(OCc2ccccc2)OC2COC(c3ccccc3)OC2C1O[C@H](C)C(=O)O. The number of benzene rings is 2. The van der Waals surface area contributed by atoms with Crippen LogP contribution in [0.25, 0.3) is 0 Å². The Morgan fingerprint density at radius 3 is 2.41 bits per heavy atom. The molecule has 0 bridgehead atoms. The van der Waals surface area contributed by atoms with Crippen molar-refractivity contribution in [3.05, 3.63) is 71.8 Å². The first-order valence-electron chi connectivity index (χ1n) is 11.2. The van der Waals surface area contributed by atoms with Gasteiger partial charge in [-0.2, -0.15) is 0 Å². The van der Waals surface area contributed by atoms with Gasteiger partial charge in [-0.15, -0.1) is 0 Å². The molecule has 0 saturated carbocycles. The summed E-state index contributed by atoms with van der Waals surface area (Å²) < 4.78 is 30.3. The lowest BCUT2D eigenvalue weighted by Crippen LogP contribution is -2.67. The number of fused-ring (bicyclic) bond motifs is 1. The van der Waals surface area contributed by atoms with Crippen molar-refractivity contribution >= 4 is 11.9 Å². The second-order valence-corrected chi connectivity index (χ2v) is 8.32. The number of amides is 1. The number of hydrogen-bond donors (Lipinski definition) is 2. The van der Waals surface area contributed by atoms with Crippen LogP contribution in [-0.4, -0.2) is 60.3 Å². The highest BCUT2D eigenvalue weighted by molar-refractivity contribution is 5.73. The van der Waals surface area contributed by atoms with E-state index in [0.717, 1.165) is 11.1 Å². The van der Waals surface area contributed by atoms with Crippen molar-refractivity contribution in [3.63, 3.8) is 0 Å². The minimum absolute atomic E-state index is 0.184. The smallest absolute Gasteiger partial charge is 0.332 e. The van der Waals surface area contributed by atoms with Gasteiger partial charge in [-0.1, -0.05) is 60.7 Å². The first-order chi connectivity index (χ1) is 16.4. The van der Waals surface area contributed by atoms with E-state index >= 15 is 0 Å². The zero-order chi connectivity index (χ0) is 24.1. The molecule has 9 heteroatoms. The van der Waals surface area contributed by atoms with Gasteiger partial charge in [0.2, 0.25) is 5.91 Å². The van der Waals surface area contributed by atoms with Crippen LogP contribution in [0.4, 0.5) is 0 Å². The molecule has 0 spiro atoms. The Bertz CT molecular complexity index is 956. The summed E-state index contributed by atoms with van der Waals surface area (Å²) in [6.45, 7) is 3.22. The second kappa shape index (κ2) is 11.1. The number of nitrogens with one attached hydrogen (secondary N) is 1. The average molecular weight is 472 g/mol. The summed E-state index contributed by atoms with van der Waals surface area (Å²) in [5, 5.41) is 12.3. The van der Waals surface area contributed by atoms with E-state index in [4.69, 9.17) is 23.7 Å². The first kappa shape index (κ1) is 24.3. The highest BCUT2D eigenvalue weighted by Gasteiger charge is 2.52. The van der Waals surface area contributed by atoms with Crippen LogP contribution in [0, 0.1) is 0 Å². The normalized spacial score (nSPS) is 29.6. The molecule has 2 aliphatic heterocycles. The van der Waals surface area contributed by atoms with Crippen molar-refractivity contribution < 1.29 is 38.4 Å². The van der Waals surface area contributed by atoms with E-state index in [2.05, 4.69) is 5.32 Å². The van der Waals surface area contributed by atoms with Crippen LogP contribution in [-0.2, 0) is 39.9 Å². The van der Waals surface area contributed by atoms with Crippen LogP contribution in [0.3, 0.4) is 0 Å². The molecule has 7 atom stereocenters. The number of carbonyl (C=O) groups is 2. The zero-order valence-electron chi connectivity index (χ0n) is 19.0. The maximum Gasteiger partial charge on any atom is 0.332 e. The molecule has 4 rings (SSSR count). The van der Waals surface area contributed by atoms with Gasteiger partial charge < -0.3 is 34.1 Å². The van der Waals surface area contributed by atoms with E-state index in [1.807, 2.05) is 60.7 Å². The van der Waals surface area contributed by atoms with Crippen LogP contribution >= 0.6 is 0 Å². The summed E-state index contributed by atoms with van der Waals surface area (Å²) in [6, 6.07) is 18.1. The lowest BCUT2D eigenvalue weighted by atomic mass is 9.95. The summed E-state index contributed by atoms with van der Waals surface area (Å²) in [6.07, 6.45) is -4.87. The van der Waals surface area contributed by atoms with Crippen molar-refractivity contribution in [1.29, 1.82) is 0 Å². The minimum atomic E-state index is -1.14. The molecule has 2 N–H and O–H groups in total. The summed E-state index contributed by atoms with van der Waals surface area (Å²) in [4.78, 5) is 23.7. The van der Waals surface area contributed by atoms with Gasteiger partial charge >= 0.3 is 5.97 Å². The van der Waals surface area contributed by atoms with E-state index in [-0.39, 0.29) is 19.1 Å². The molecule has 182 valence electrons. The molecule has 34 heavy (non-hydrogen) atoms. The van der Waals surface area contributed by atoms with Gasteiger partial charge in [-0.25, -0.2) is 4.79 Å². The summed E-state index contributed by atoms with van der Waals surface area (Å²) in [7, 11) is 0. The van der Waals surface area contributed by atoms with Gasteiger partial charge in [-0.05, 0) is 12.5 Å². The summed E-state index contributed by atoms with van der Waals surface area (Å²) in [5.74, 6) is -1.46. The van der Waals surface area contributed by atoms with Crippen molar-refractivity contribution in [2.75, 3.05) is 6.61 Å². The molecule has 2 saturated heterocycles. The Kier molecular flexibility index (Phi) is 7.91. The van der Waals surface area contributed by atoms with Crippen LogP contribution in [0.5, 0.6) is 0 Å². The standard InChI is InChI=1S/C25H29NO8/c1-15(23(28)29)32-22-20(26-16(2)27)25(30-13-17-9-5-3-6-10-17)33-19-14-31-24(34-21(19)22)18-11-7-4-8-12-18/h3-12,15,19-22,24-25H,13-14H2,1-2H3,(H,26,27)(H,28,29)/t15-,19?,20?,21?,22?,24?,25?/m1/s1. The predicted octanol–water partition coefficient (Wildman–Crippen LogP) is 2.41. The highest BCUT2D eigenvalue weighted by Crippen LogP contribution is 2.36. The fourth-order valence-electron chi connectivity index (χ4n) is 4.09. The van der Waals surface area contributed by atoms with E-state index in [1.165, 1.54) is 13.8 Å². The van der Waals surface area contributed by atoms with E-state index in [1.54, 1.807) is 0 Å². The van der Waals surface area contributed by atoms with E-state index < -0.39 is 49.0 Å². The van der Waals surface area contributed by atoms with Gasteiger partial charge in [-0.3, -0.25) is 4.79 Å². The molecule has 2 aliphatic rings. The monoisotopic (exact) mass is 471 g/mol. The van der Waals surface area contributed by atoms with Gasteiger partial charge in [0.05, 0.1) is 13.2 Å². The van der Waals surface area contributed by atoms with Gasteiger partial charge in [0.15, 0.2) is 18.7 Å². The highest BCUT2D eigenvalue weighted by atomic mass is 16.8. The molecule has 2 aromatic rings. The number of carboxylic acids is 1. The quantitative estimate of drug-likeness (QED) is 0.604. The lowest BCUT2D eigenvalue weighted by Gasteiger charge is -2.49. The van der Waals surface area contributed by atoms with Crippen LogP contribution in [0.2, 0.25) is 0 Å². The van der Waals surface area contributed by atoms with Crippen molar-refractivity contribution in [2.24, 2.45) is 0 Å². The molecule has 0 aliphatic carbocycles. The fourth-order valence-corrected chi connectivity index (χ4v) is 4.09. The summed E-state index contributed by atoms with van der Waals surface area (Å²) in [5.41, 5.74) is 1.73. The fraction of sp³-hybridized carbons (Fsp3) is 0.440. The van der Waals surface area contributed by atoms with E-state index in [0.29, 0.717) is 0 Å². The molecular formula is C25H29NO8. The number of hydrogen-bond acceptors (Lipinski definition) is 7. The molecule has 6 unspecified atom stereocenters. The topological polar surface area (TPSA) is 113 Å². The Morgan fingerprint density at radius 1 is 1.09 bits per heavy atom. The first-order valence-corrected chi connectivity index (χ1v) is 11.2. The largest absolute Gasteiger partial charge is 0.479 e. The van der Waals surface area contributed by atoms with Gasteiger partial charge in [0.25, 0.3) is 0 Å². The number of aliphatic carboxylic acids is 1. The summed E-state index contributed by atoms with van der Waals surface area (Å²) >= 11 is 0. The Hall–Kier alpha value is -2.82. The Morgan fingerprint density at radius 2 is 1.76 bits per heavy atom. The van der Waals surface area contributed by atoms with Crippen LogP contribution in [0.1, 0.15) is 31.3 Å². The van der Waals surface area contributed by atoms with Crippen molar-refractivity contribution in [2.45, 2.75) is 63.5 Å². The number of rotatable bonds is 8. The molecular weight excluding hydrogens is 442 g/mol. The number of carbonyl (C=O) groups excluding carboxylic acids is 1. The minimum Gasteiger partial charge on any atom is -0.479 e. The molecule has 0 radical (unpaired) electrons. The Labute approximate surface area is 197 Å². The zero-order valence-corrected chi connectivity index (χ0v) is 19.0. The lowest BCUT2D eigenvalue weighted by molar-refractivity contribution is -0.351. The maximum absolute atomic E-state index is 12.1. The van der Waals surface area contributed by atoms with E-state index in [9.17, 15) is 14.7 Å². The average Bonchev–Trinajstić information content (AvgIpc) is 2.84. The predicted molar refractivity (Wildman–Crippen MR) is 119 cm³/mol. The van der Waals surface area contributed by atoms with Crippen molar-refractivity contribution in [1.82, 2.24) is 5.32 Å².